The quantitative estimate of drug-likeness (QED) is 0.369. The second-order valence-electron chi connectivity index (χ2n) is 8.40. The number of benzene rings is 3. The molecule has 1 aliphatic rings. The number of aromatic amines is 1. The van der Waals surface area contributed by atoms with E-state index in [2.05, 4.69) is 34.6 Å². The van der Waals surface area contributed by atoms with Crippen LogP contribution in [-0.4, -0.2) is 22.7 Å². The Balaban J connectivity index is 1.40. The van der Waals surface area contributed by atoms with E-state index >= 15 is 0 Å². The van der Waals surface area contributed by atoms with Gasteiger partial charge in [0.15, 0.2) is 0 Å². The third-order valence-electron chi connectivity index (χ3n) is 5.96. The molecule has 1 saturated carbocycles. The molecule has 1 fully saturated rings. The number of hydrogen-bond donors (Lipinski definition) is 2. The van der Waals surface area contributed by atoms with Gasteiger partial charge >= 0.3 is 0 Å². The summed E-state index contributed by atoms with van der Waals surface area (Å²) in [6.07, 6.45) is 3.29. The summed E-state index contributed by atoms with van der Waals surface area (Å²) < 4.78 is 5.68. The average Bonchev–Trinajstić information content (AvgIpc) is 3.60. The Hall–Kier alpha value is -3.60. The zero-order valence-corrected chi connectivity index (χ0v) is 18.2. The van der Waals surface area contributed by atoms with Gasteiger partial charge < -0.3 is 10.1 Å². The lowest BCUT2D eigenvalue weighted by atomic mass is 10.0. The highest BCUT2D eigenvalue weighted by Crippen LogP contribution is 2.41. The molecular weight excluding hydrogens is 398 g/mol. The van der Waals surface area contributed by atoms with E-state index in [1.807, 2.05) is 60.7 Å². The van der Waals surface area contributed by atoms with Crippen LogP contribution in [0.2, 0.25) is 0 Å². The number of carbonyl (C=O) groups is 1. The smallest absolute Gasteiger partial charge is 0.251 e. The van der Waals surface area contributed by atoms with Gasteiger partial charge in [0.25, 0.3) is 5.91 Å². The second kappa shape index (κ2) is 8.87. The number of nitrogens with zero attached hydrogens (tertiary/aromatic N) is 1. The van der Waals surface area contributed by atoms with Crippen LogP contribution in [0.5, 0.6) is 5.75 Å². The lowest BCUT2D eigenvalue weighted by Crippen LogP contribution is -2.29. The van der Waals surface area contributed by atoms with Crippen molar-refractivity contribution < 1.29 is 9.53 Å². The zero-order valence-electron chi connectivity index (χ0n) is 18.2. The molecule has 5 heteroatoms. The highest BCUT2D eigenvalue weighted by molar-refractivity contribution is 6.01. The Kier molecular flexibility index (Phi) is 5.63. The molecular formula is C27H27N3O2. The van der Waals surface area contributed by atoms with E-state index in [0.29, 0.717) is 18.1 Å². The predicted molar refractivity (Wildman–Crippen MR) is 127 cm³/mol. The first-order valence-electron chi connectivity index (χ1n) is 11.3. The Bertz CT molecular complexity index is 1210. The summed E-state index contributed by atoms with van der Waals surface area (Å²) in [6, 6.07) is 23.9. The standard InChI is InChI=1S/C27H27N3O2/c1-2-16-32-22-13-10-20(11-14-22)26-23-17-21(12-15-24(23)29-30-26)27(31)28-25(19-8-9-19)18-6-4-3-5-7-18/h3-7,10-15,17,19,25H,2,8-9,16H2,1H3,(H,28,31)(H,29,30). The molecule has 5 rings (SSSR count). The maximum atomic E-state index is 13.2. The topological polar surface area (TPSA) is 67.0 Å². The van der Waals surface area contributed by atoms with Gasteiger partial charge in [-0.05, 0) is 73.2 Å². The summed E-state index contributed by atoms with van der Waals surface area (Å²) in [5.41, 5.74) is 4.53. The molecule has 1 heterocycles. The number of ether oxygens (including phenoxy) is 1. The van der Waals surface area contributed by atoms with Crippen molar-refractivity contribution in [2.75, 3.05) is 6.61 Å². The Labute approximate surface area is 187 Å². The molecule has 162 valence electrons. The number of hydrogen-bond acceptors (Lipinski definition) is 3. The molecule has 0 aliphatic heterocycles. The number of rotatable bonds is 8. The summed E-state index contributed by atoms with van der Waals surface area (Å²) in [7, 11) is 0. The van der Waals surface area contributed by atoms with Crippen molar-refractivity contribution >= 4 is 16.8 Å². The maximum absolute atomic E-state index is 13.2. The minimum absolute atomic E-state index is 0.0527. The van der Waals surface area contributed by atoms with Gasteiger partial charge in [-0.1, -0.05) is 37.3 Å². The fraction of sp³-hybridized carbons (Fsp3) is 0.259. The molecule has 0 bridgehead atoms. The number of amides is 1. The minimum Gasteiger partial charge on any atom is -0.494 e. The van der Waals surface area contributed by atoms with E-state index in [1.165, 1.54) is 5.56 Å². The summed E-state index contributed by atoms with van der Waals surface area (Å²) in [5, 5.41) is 11.8. The van der Waals surface area contributed by atoms with Crippen LogP contribution in [0.1, 0.15) is 48.1 Å². The third kappa shape index (κ3) is 4.24. The predicted octanol–water partition coefficient (Wildman–Crippen LogP) is 5.90. The van der Waals surface area contributed by atoms with Gasteiger partial charge in [-0.2, -0.15) is 5.10 Å². The summed E-state index contributed by atoms with van der Waals surface area (Å²) in [4.78, 5) is 13.2. The Morgan fingerprint density at radius 2 is 1.88 bits per heavy atom. The van der Waals surface area contributed by atoms with Gasteiger partial charge in [0.2, 0.25) is 0 Å². The molecule has 1 amide bonds. The van der Waals surface area contributed by atoms with E-state index < -0.39 is 0 Å². The van der Waals surface area contributed by atoms with Crippen LogP contribution >= 0.6 is 0 Å². The number of aromatic nitrogens is 2. The van der Waals surface area contributed by atoms with E-state index in [1.54, 1.807) is 0 Å². The molecule has 1 aliphatic carbocycles. The average molecular weight is 426 g/mol. The summed E-state index contributed by atoms with van der Waals surface area (Å²) >= 11 is 0. The van der Waals surface area contributed by atoms with E-state index in [4.69, 9.17) is 4.74 Å². The fourth-order valence-corrected chi connectivity index (χ4v) is 4.09. The van der Waals surface area contributed by atoms with Crippen molar-refractivity contribution in [3.63, 3.8) is 0 Å². The molecule has 1 aromatic heterocycles. The lowest BCUT2D eigenvalue weighted by molar-refractivity contribution is 0.0932. The summed E-state index contributed by atoms with van der Waals surface area (Å²) in [6.45, 7) is 2.79. The van der Waals surface area contributed by atoms with Crippen LogP contribution in [0.15, 0.2) is 72.8 Å². The van der Waals surface area contributed by atoms with E-state index in [9.17, 15) is 4.79 Å². The zero-order chi connectivity index (χ0) is 21.9. The monoisotopic (exact) mass is 425 g/mol. The van der Waals surface area contributed by atoms with Crippen LogP contribution in [0, 0.1) is 5.92 Å². The second-order valence-corrected chi connectivity index (χ2v) is 8.40. The SMILES string of the molecule is CCCOc1ccc(-c2n[nH]c3ccc(C(=O)NC(c4ccccc4)C4CC4)cc23)cc1. The first-order chi connectivity index (χ1) is 15.7. The minimum atomic E-state index is -0.0527. The molecule has 4 aromatic rings. The molecule has 5 nitrogen and oxygen atoms in total. The van der Waals surface area contributed by atoms with Gasteiger partial charge in [-0.15, -0.1) is 0 Å². The van der Waals surface area contributed by atoms with E-state index in [0.717, 1.165) is 47.2 Å². The molecule has 0 radical (unpaired) electrons. The van der Waals surface area contributed by atoms with Gasteiger partial charge in [-0.3, -0.25) is 9.89 Å². The van der Waals surface area contributed by atoms with Gasteiger partial charge in [0, 0.05) is 16.5 Å². The number of H-pyrrole nitrogens is 1. The number of carbonyl (C=O) groups excluding carboxylic acids is 1. The first kappa shape index (κ1) is 20.3. The largest absolute Gasteiger partial charge is 0.494 e. The Morgan fingerprint density at radius 3 is 2.59 bits per heavy atom. The van der Waals surface area contributed by atoms with Crippen molar-refractivity contribution in [1.29, 1.82) is 0 Å². The van der Waals surface area contributed by atoms with Crippen molar-refractivity contribution in [3.05, 3.63) is 83.9 Å². The van der Waals surface area contributed by atoms with E-state index in [-0.39, 0.29) is 11.9 Å². The maximum Gasteiger partial charge on any atom is 0.251 e. The highest BCUT2D eigenvalue weighted by atomic mass is 16.5. The fourth-order valence-electron chi connectivity index (χ4n) is 4.09. The van der Waals surface area contributed by atoms with Crippen LogP contribution < -0.4 is 10.1 Å². The van der Waals surface area contributed by atoms with Gasteiger partial charge in [0.1, 0.15) is 5.75 Å². The van der Waals surface area contributed by atoms with Crippen molar-refractivity contribution in [2.24, 2.45) is 5.92 Å². The van der Waals surface area contributed by atoms with Crippen molar-refractivity contribution in [3.8, 4) is 17.0 Å². The van der Waals surface area contributed by atoms with Crippen LogP contribution in [0.4, 0.5) is 0 Å². The highest BCUT2D eigenvalue weighted by Gasteiger charge is 2.33. The third-order valence-corrected chi connectivity index (χ3v) is 5.96. The molecule has 0 saturated heterocycles. The molecule has 1 unspecified atom stereocenters. The molecule has 3 aromatic carbocycles. The summed E-state index contributed by atoms with van der Waals surface area (Å²) in [5.74, 6) is 1.31. The van der Waals surface area contributed by atoms with Gasteiger partial charge in [0.05, 0.1) is 23.9 Å². The van der Waals surface area contributed by atoms with Crippen LogP contribution in [-0.2, 0) is 0 Å². The Morgan fingerprint density at radius 1 is 1.09 bits per heavy atom. The normalized spacial score (nSPS) is 14.3. The van der Waals surface area contributed by atoms with Crippen molar-refractivity contribution in [2.45, 2.75) is 32.2 Å². The van der Waals surface area contributed by atoms with Crippen LogP contribution in [0.25, 0.3) is 22.2 Å². The molecule has 32 heavy (non-hydrogen) atoms. The molecule has 1 atom stereocenters. The van der Waals surface area contributed by atoms with Crippen LogP contribution in [0.3, 0.4) is 0 Å². The number of nitrogens with one attached hydrogen (secondary N) is 2. The molecule has 2 N–H and O–H groups in total. The van der Waals surface area contributed by atoms with Crippen molar-refractivity contribution in [1.82, 2.24) is 15.5 Å². The molecule has 0 spiro atoms. The number of fused-ring (bicyclic) bond motifs is 1. The first-order valence-corrected chi connectivity index (χ1v) is 11.3. The lowest BCUT2D eigenvalue weighted by Gasteiger charge is -2.19. The van der Waals surface area contributed by atoms with Gasteiger partial charge in [-0.25, -0.2) is 0 Å².